The molecule has 0 aliphatic rings. The van der Waals surface area contributed by atoms with Crippen molar-refractivity contribution in [2.45, 2.75) is 6.54 Å². The largest absolute Gasteiger partial charge is 0.305 e. The lowest BCUT2D eigenvalue weighted by molar-refractivity contribution is 0.402. The molecule has 0 fully saturated rings. The van der Waals surface area contributed by atoms with E-state index in [1.807, 2.05) is 12.2 Å². The average Bonchev–Trinajstić information content (AvgIpc) is 2.35. The Hall–Kier alpha value is -1.86. The van der Waals surface area contributed by atoms with Crippen molar-refractivity contribution >= 4 is 16.8 Å². The molecular formula is C17H19N. The first-order valence-electron chi connectivity index (χ1n) is 6.16. The van der Waals surface area contributed by atoms with Gasteiger partial charge in [0.1, 0.15) is 0 Å². The maximum Gasteiger partial charge on any atom is 0.0233 e. The van der Waals surface area contributed by atoms with Crippen LogP contribution in [-0.2, 0) is 6.54 Å². The second-order valence-corrected chi connectivity index (χ2v) is 4.73. The summed E-state index contributed by atoms with van der Waals surface area (Å²) in [4.78, 5) is 2.19. The lowest BCUT2D eigenvalue weighted by Gasteiger charge is -2.13. The molecule has 2 aromatic carbocycles. The van der Waals surface area contributed by atoms with E-state index in [9.17, 15) is 0 Å². The van der Waals surface area contributed by atoms with Crippen molar-refractivity contribution in [3.05, 3.63) is 66.3 Å². The predicted octanol–water partition coefficient (Wildman–Crippen LogP) is 4.10. The van der Waals surface area contributed by atoms with Gasteiger partial charge in [0, 0.05) is 6.54 Å². The van der Waals surface area contributed by atoms with E-state index < -0.39 is 0 Å². The molecule has 0 radical (unpaired) electrons. The van der Waals surface area contributed by atoms with E-state index in [1.165, 1.54) is 21.9 Å². The maximum absolute atomic E-state index is 3.73. The van der Waals surface area contributed by atoms with Gasteiger partial charge >= 0.3 is 0 Å². The fourth-order valence-electron chi connectivity index (χ4n) is 2.11. The molecule has 0 N–H and O–H groups in total. The van der Waals surface area contributed by atoms with Crippen LogP contribution in [0.2, 0.25) is 0 Å². The predicted molar refractivity (Wildman–Crippen MR) is 80.6 cm³/mol. The van der Waals surface area contributed by atoms with Crippen LogP contribution >= 0.6 is 0 Å². The van der Waals surface area contributed by atoms with Gasteiger partial charge < -0.3 is 4.90 Å². The van der Waals surface area contributed by atoms with Crippen LogP contribution in [0.3, 0.4) is 0 Å². The Kier molecular flexibility index (Phi) is 3.96. The van der Waals surface area contributed by atoms with Gasteiger partial charge in [-0.25, -0.2) is 0 Å². The fraction of sp³-hybridized carbons (Fsp3) is 0.176. The Morgan fingerprint density at radius 2 is 1.78 bits per heavy atom. The molecule has 0 heterocycles. The monoisotopic (exact) mass is 237 g/mol. The van der Waals surface area contributed by atoms with Crippen LogP contribution in [-0.4, -0.2) is 19.0 Å². The van der Waals surface area contributed by atoms with E-state index in [2.05, 4.69) is 68.0 Å². The van der Waals surface area contributed by atoms with Gasteiger partial charge in [-0.3, -0.25) is 0 Å². The molecule has 0 saturated heterocycles. The topological polar surface area (TPSA) is 3.24 Å². The molecule has 0 saturated carbocycles. The molecule has 0 unspecified atom stereocenters. The summed E-state index contributed by atoms with van der Waals surface area (Å²) < 4.78 is 0. The van der Waals surface area contributed by atoms with Crippen molar-refractivity contribution in [3.63, 3.8) is 0 Å². The lowest BCUT2D eigenvalue weighted by atomic mass is 10.00. The summed E-state index contributed by atoms with van der Waals surface area (Å²) in [5, 5.41) is 2.58. The van der Waals surface area contributed by atoms with Gasteiger partial charge in [0.25, 0.3) is 0 Å². The Balaban J connectivity index is 2.55. The Morgan fingerprint density at radius 3 is 2.39 bits per heavy atom. The molecule has 1 nitrogen and oxygen atoms in total. The van der Waals surface area contributed by atoms with Crippen LogP contribution in [0.4, 0.5) is 0 Å². The highest BCUT2D eigenvalue weighted by Gasteiger charge is 2.03. The Labute approximate surface area is 109 Å². The van der Waals surface area contributed by atoms with Gasteiger partial charge in [-0.05, 0) is 48.1 Å². The molecule has 0 atom stereocenters. The number of nitrogens with zero attached hydrogens (tertiary/aromatic N) is 1. The molecule has 0 aromatic heterocycles. The number of fused-ring (bicyclic) bond motifs is 1. The van der Waals surface area contributed by atoms with Gasteiger partial charge in [0.05, 0.1) is 0 Å². The van der Waals surface area contributed by atoms with E-state index in [4.69, 9.17) is 0 Å². The summed E-state index contributed by atoms with van der Waals surface area (Å²) in [6.07, 6.45) is 5.93. The molecular weight excluding hydrogens is 218 g/mol. The zero-order valence-corrected chi connectivity index (χ0v) is 11.1. The second kappa shape index (κ2) is 5.65. The van der Waals surface area contributed by atoms with Crippen molar-refractivity contribution in [2.24, 2.45) is 0 Å². The van der Waals surface area contributed by atoms with Gasteiger partial charge in [-0.1, -0.05) is 49.1 Å². The highest BCUT2D eigenvalue weighted by molar-refractivity contribution is 5.86. The fourth-order valence-corrected chi connectivity index (χ4v) is 2.11. The average molecular weight is 237 g/mol. The van der Waals surface area contributed by atoms with Crippen LogP contribution in [0.1, 0.15) is 11.1 Å². The lowest BCUT2D eigenvalue weighted by Crippen LogP contribution is -2.11. The molecule has 0 aliphatic heterocycles. The molecule has 0 spiro atoms. The van der Waals surface area contributed by atoms with Crippen molar-refractivity contribution in [1.82, 2.24) is 4.90 Å². The van der Waals surface area contributed by atoms with E-state index >= 15 is 0 Å². The van der Waals surface area contributed by atoms with Crippen molar-refractivity contribution < 1.29 is 0 Å². The van der Waals surface area contributed by atoms with Crippen LogP contribution < -0.4 is 0 Å². The highest BCUT2D eigenvalue weighted by atomic mass is 15.0. The summed E-state index contributed by atoms with van der Waals surface area (Å²) in [5.74, 6) is 0. The van der Waals surface area contributed by atoms with Gasteiger partial charge in [0.15, 0.2) is 0 Å². The van der Waals surface area contributed by atoms with Crippen molar-refractivity contribution in [1.29, 1.82) is 0 Å². The minimum absolute atomic E-state index is 0.946. The van der Waals surface area contributed by atoms with E-state index in [-0.39, 0.29) is 0 Å². The van der Waals surface area contributed by atoms with Gasteiger partial charge in [-0.2, -0.15) is 0 Å². The zero-order chi connectivity index (χ0) is 13.0. The molecule has 92 valence electrons. The number of benzene rings is 2. The number of allylic oxidation sites excluding steroid dienone is 2. The SMILES string of the molecule is C=C/C=C/c1cc2ccccc2cc1CN(C)C. The second-order valence-electron chi connectivity index (χ2n) is 4.73. The quantitative estimate of drug-likeness (QED) is 0.724. The minimum Gasteiger partial charge on any atom is -0.305 e. The summed E-state index contributed by atoms with van der Waals surface area (Å²) >= 11 is 0. The standard InChI is InChI=1S/C17H19N/c1-4-5-8-16-11-14-9-6-7-10-15(14)12-17(16)13-18(2)3/h4-12H,1,13H2,2-3H3/b8-5+. The molecule has 0 aliphatic carbocycles. The first-order chi connectivity index (χ1) is 8.70. The van der Waals surface area contributed by atoms with Crippen LogP contribution in [0, 0.1) is 0 Å². The Bertz CT molecular complexity index is 579. The first kappa shape index (κ1) is 12.6. The number of rotatable bonds is 4. The summed E-state index contributed by atoms with van der Waals surface area (Å²) in [6.45, 7) is 4.68. The summed E-state index contributed by atoms with van der Waals surface area (Å²) in [5.41, 5.74) is 2.61. The van der Waals surface area contributed by atoms with E-state index in [1.54, 1.807) is 0 Å². The zero-order valence-electron chi connectivity index (χ0n) is 11.1. The smallest absolute Gasteiger partial charge is 0.0233 e. The van der Waals surface area contributed by atoms with Crippen molar-refractivity contribution in [3.8, 4) is 0 Å². The molecule has 2 rings (SSSR count). The molecule has 2 aromatic rings. The van der Waals surface area contributed by atoms with Gasteiger partial charge in [0.2, 0.25) is 0 Å². The molecule has 1 heteroatoms. The number of hydrogen-bond acceptors (Lipinski definition) is 1. The van der Waals surface area contributed by atoms with Crippen LogP contribution in [0.5, 0.6) is 0 Å². The third-order valence-corrected chi connectivity index (χ3v) is 2.91. The summed E-state index contributed by atoms with van der Waals surface area (Å²) in [7, 11) is 4.19. The number of hydrogen-bond donors (Lipinski definition) is 0. The highest BCUT2D eigenvalue weighted by Crippen LogP contribution is 2.22. The third kappa shape index (κ3) is 2.88. The van der Waals surface area contributed by atoms with Crippen LogP contribution in [0.15, 0.2) is 55.1 Å². The van der Waals surface area contributed by atoms with Crippen molar-refractivity contribution in [2.75, 3.05) is 14.1 Å². The minimum atomic E-state index is 0.946. The maximum atomic E-state index is 3.73. The molecule has 0 bridgehead atoms. The molecule has 0 amide bonds. The van der Waals surface area contributed by atoms with Crippen LogP contribution in [0.25, 0.3) is 16.8 Å². The molecule has 18 heavy (non-hydrogen) atoms. The third-order valence-electron chi connectivity index (χ3n) is 2.91. The van der Waals surface area contributed by atoms with E-state index in [0.29, 0.717) is 0 Å². The summed E-state index contributed by atoms with van der Waals surface area (Å²) in [6, 6.07) is 13.0. The van der Waals surface area contributed by atoms with E-state index in [0.717, 1.165) is 6.54 Å². The van der Waals surface area contributed by atoms with Gasteiger partial charge in [-0.15, -0.1) is 0 Å². The normalized spacial score (nSPS) is 11.5. The Morgan fingerprint density at radius 1 is 1.11 bits per heavy atom. The first-order valence-corrected chi connectivity index (χ1v) is 6.16.